The molecule has 0 saturated heterocycles. The number of amides is 1. The molecular formula is C14H15BrClNO. The normalized spacial score (nSPS) is 21.0. The van der Waals surface area contributed by atoms with Gasteiger partial charge in [0.05, 0.1) is 5.69 Å². The van der Waals surface area contributed by atoms with E-state index in [9.17, 15) is 4.79 Å². The van der Waals surface area contributed by atoms with Crippen molar-refractivity contribution in [2.45, 2.75) is 32.1 Å². The molecule has 0 spiro atoms. The highest BCUT2D eigenvalue weighted by molar-refractivity contribution is 9.10. The van der Waals surface area contributed by atoms with E-state index in [0.29, 0.717) is 0 Å². The summed E-state index contributed by atoms with van der Waals surface area (Å²) in [6, 6.07) is 3.86. The van der Waals surface area contributed by atoms with Crippen molar-refractivity contribution in [2.24, 2.45) is 5.92 Å². The Morgan fingerprint density at radius 2 is 2.11 bits per heavy atom. The van der Waals surface area contributed by atoms with E-state index in [4.69, 9.17) is 11.6 Å². The van der Waals surface area contributed by atoms with Gasteiger partial charge in [-0.2, -0.15) is 0 Å². The van der Waals surface area contributed by atoms with Crippen LogP contribution in [0.5, 0.6) is 0 Å². The van der Waals surface area contributed by atoms with Gasteiger partial charge in [-0.1, -0.05) is 25.4 Å². The largest absolute Gasteiger partial charge is 0.310 e. The first-order chi connectivity index (χ1) is 8.40. The molecule has 0 atom stereocenters. The smallest absolute Gasteiger partial charge is 0.230 e. The van der Waals surface area contributed by atoms with Crippen molar-refractivity contribution >= 4 is 39.1 Å². The minimum absolute atomic E-state index is 0.0344. The summed E-state index contributed by atoms with van der Waals surface area (Å²) in [6.45, 7) is 5.07. The molecule has 1 aliphatic carbocycles. The molecule has 0 unspecified atom stereocenters. The van der Waals surface area contributed by atoms with Gasteiger partial charge >= 0.3 is 0 Å². The van der Waals surface area contributed by atoms with E-state index in [1.54, 1.807) is 0 Å². The van der Waals surface area contributed by atoms with Crippen LogP contribution in [0.2, 0.25) is 5.02 Å². The van der Waals surface area contributed by atoms with Gasteiger partial charge in [-0.15, -0.1) is 0 Å². The van der Waals surface area contributed by atoms with Crippen LogP contribution in [0.1, 0.15) is 32.3 Å². The Hall–Kier alpha value is -0.540. The molecule has 4 heteroatoms. The monoisotopic (exact) mass is 327 g/mol. The SMILES string of the molecule is CC1(C)CN(C(=O)C2CC2)c2c(Br)cc(Cl)cc21. The number of anilines is 1. The summed E-state index contributed by atoms with van der Waals surface area (Å²) >= 11 is 9.67. The first-order valence-corrected chi connectivity index (χ1v) is 7.38. The molecule has 1 aliphatic heterocycles. The first kappa shape index (κ1) is 12.5. The standard InChI is InChI=1S/C14H15BrClNO/c1-14(2)7-17(13(18)8-3-4-8)12-10(14)5-9(16)6-11(12)15/h5-6,8H,3-4,7H2,1-2H3. The molecule has 1 aromatic rings. The number of hydrogen-bond acceptors (Lipinski definition) is 1. The second kappa shape index (κ2) is 3.97. The molecule has 1 amide bonds. The third-order valence-electron chi connectivity index (χ3n) is 3.77. The molecule has 2 nitrogen and oxygen atoms in total. The van der Waals surface area contributed by atoms with Crippen LogP contribution >= 0.6 is 27.5 Å². The lowest BCUT2D eigenvalue weighted by atomic mass is 9.87. The van der Waals surface area contributed by atoms with Crippen molar-refractivity contribution in [3.8, 4) is 0 Å². The highest BCUT2D eigenvalue weighted by Crippen LogP contribution is 2.48. The van der Waals surface area contributed by atoms with Crippen molar-refractivity contribution in [1.82, 2.24) is 0 Å². The van der Waals surface area contributed by atoms with Gasteiger partial charge in [0, 0.05) is 27.4 Å². The molecule has 0 radical (unpaired) electrons. The Labute approximate surface area is 120 Å². The van der Waals surface area contributed by atoms with E-state index in [1.807, 2.05) is 17.0 Å². The third kappa shape index (κ3) is 1.88. The minimum atomic E-state index is -0.0344. The number of benzene rings is 1. The van der Waals surface area contributed by atoms with Crippen LogP contribution in [0.15, 0.2) is 16.6 Å². The molecule has 2 aliphatic rings. The molecule has 3 rings (SSSR count). The van der Waals surface area contributed by atoms with E-state index >= 15 is 0 Å². The summed E-state index contributed by atoms with van der Waals surface area (Å²) < 4.78 is 0.921. The first-order valence-electron chi connectivity index (χ1n) is 6.21. The number of fused-ring (bicyclic) bond motifs is 1. The Morgan fingerprint density at radius 3 is 2.72 bits per heavy atom. The maximum absolute atomic E-state index is 12.4. The van der Waals surface area contributed by atoms with Crippen LogP contribution in [0.3, 0.4) is 0 Å². The number of halogens is 2. The van der Waals surface area contributed by atoms with Crippen LogP contribution in [0.4, 0.5) is 5.69 Å². The molecule has 1 fully saturated rings. The van der Waals surface area contributed by atoms with Crippen LogP contribution in [0.25, 0.3) is 0 Å². The predicted octanol–water partition coefficient (Wildman–Crippen LogP) is 4.14. The Balaban J connectivity index is 2.11. The van der Waals surface area contributed by atoms with E-state index in [-0.39, 0.29) is 17.2 Å². The zero-order chi connectivity index (χ0) is 13.1. The molecular weight excluding hydrogens is 314 g/mol. The summed E-state index contributed by atoms with van der Waals surface area (Å²) in [7, 11) is 0. The lowest BCUT2D eigenvalue weighted by Crippen LogP contribution is -2.35. The summed E-state index contributed by atoms with van der Waals surface area (Å²) in [4.78, 5) is 14.3. The molecule has 18 heavy (non-hydrogen) atoms. The zero-order valence-corrected chi connectivity index (χ0v) is 12.8. The van der Waals surface area contributed by atoms with Gasteiger partial charge in [-0.3, -0.25) is 4.79 Å². The quantitative estimate of drug-likeness (QED) is 0.759. The van der Waals surface area contributed by atoms with Crippen molar-refractivity contribution in [3.05, 3.63) is 27.2 Å². The molecule has 96 valence electrons. The third-order valence-corrected chi connectivity index (χ3v) is 4.60. The van der Waals surface area contributed by atoms with E-state index in [1.165, 1.54) is 0 Å². The van der Waals surface area contributed by atoms with Crippen LogP contribution in [-0.2, 0) is 10.2 Å². The fourth-order valence-electron chi connectivity index (χ4n) is 2.65. The molecule has 0 aromatic heterocycles. The predicted molar refractivity (Wildman–Crippen MR) is 77.3 cm³/mol. The Kier molecular flexibility index (Phi) is 2.76. The Morgan fingerprint density at radius 1 is 1.44 bits per heavy atom. The number of carbonyl (C=O) groups excluding carboxylic acids is 1. The van der Waals surface area contributed by atoms with Gasteiger partial charge in [-0.05, 0) is 46.5 Å². The number of nitrogens with zero attached hydrogens (tertiary/aromatic N) is 1. The van der Waals surface area contributed by atoms with Gasteiger partial charge in [0.15, 0.2) is 0 Å². The molecule has 1 aromatic carbocycles. The number of rotatable bonds is 1. The molecule has 0 bridgehead atoms. The van der Waals surface area contributed by atoms with Gasteiger partial charge in [0.25, 0.3) is 0 Å². The van der Waals surface area contributed by atoms with Crippen LogP contribution in [-0.4, -0.2) is 12.5 Å². The summed E-state index contributed by atoms with van der Waals surface area (Å²) in [5, 5.41) is 0.717. The number of hydrogen-bond donors (Lipinski definition) is 0. The summed E-state index contributed by atoms with van der Waals surface area (Å²) in [5.41, 5.74) is 2.14. The van der Waals surface area contributed by atoms with Crippen LogP contribution in [0, 0.1) is 5.92 Å². The maximum atomic E-state index is 12.4. The maximum Gasteiger partial charge on any atom is 0.230 e. The fraction of sp³-hybridized carbons (Fsp3) is 0.500. The average molecular weight is 329 g/mol. The van der Waals surface area contributed by atoms with Crippen molar-refractivity contribution in [2.75, 3.05) is 11.4 Å². The van der Waals surface area contributed by atoms with E-state index < -0.39 is 0 Å². The topological polar surface area (TPSA) is 20.3 Å². The molecule has 1 heterocycles. The average Bonchev–Trinajstić information content (AvgIpc) is 3.05. The van der Waals surface area contributed by atoms with Crippen molar-refractivity contribution < 1.29 is 4.79 Å². The molecule has 1 saturated carbocycles. The van der Waals surface area contributed by atoms with Gasteiger partial charge in [0.2, 0.25) is 5.91 Å². The van der Waals surface area contributed by atoms with Gasteiger partial charge in [0.1, 0.15) is 0 Å². The van der Waals surface area contributed by atoms with Gasteiger partial charge < -0.3 is 4.90 Å². The highest BCUT2D eigenvalue weighted by Gasteiger charge is 2.43. The van der Waals surface area contributed by atoms with Gasteiger partial charge in [-0.25, -0.2) is 0 Å². The second-order valence-corrected chi connectivity index (χ2v) is 7.16. The summed E-state index contributed by atoms with van der Waals surface area (Å²) in [6.07, 6.45) is 2.08. The van der Waals surface area contributed by atoms with E-state index in [0.717, 1.165) is 40.1 Å². The van der Waals surface area contributed by atoms with Crippen molar-refractivity contribution in [3.63, 3.8) is 0 Å². The fourth-order valence-corrected chi connectivity index (χ4v) is 3.68. The molecule has 0 N–H and O–H groups in total. The minimum Gasteiger partial charge on any atom is -0.310 e. The highest BCUT2D eigenvalue weighted by atomic mass is 79.9. The Bertz CT molecular complexity index is 537. The second-order valence-electron chi connectivity index (χ2n) is 5.87. The number of carbonyl (C=O) groups is 1. The lowest BCUT2D eigenvalue weighted by Gasteiger charge is -2.20. The van der Waals surface area contributed by atoms with Crippen LogP contribution < -0.4 is 4.90 Å². The van der Waals surface area contributed by atoms with E-state index in [2.05, 4.69) is 29.8 Å². The zero-order valence-electron chi connectivity index (χ0n) is 10.5. The van der Waals surface area contributed by atoms with Crippen molar-refractivity contribution in [1.29, 1.82) is 0 Å². The lowest BCUT2D eigenvalue weighted by molar-refractivity contribution is -0.119. The summed E-state index contributed by atoms with van der Waals surface area (Å²) in [5.74, 6) is 0.513.